The van der Waals surface area contributed by atoms with Crippen molar-refractivity contribution in [1.82, 2.24) is 0 Å². The summed E-state index contributed by atoms with van der Waals surface area (Å²) in [7, 11) is 0. The Labute approximate surface area is 85.8 Å². The summed E-state index contributed by atoms with van der Waals surface area (Å²) in [6, 6.07) is 8.15. The second-order valence-electron chi connectivity index (χ2n) is 4.06. The number of hydrogen-bond donors (Lipinski definition) is 2. The third kappa shape index (κ3) is 2.56. The van der Waals surface area contributed by atoms with Gasteiger partial charge in [-0.3, -0.25) is 0 Å². The van der Waals surface area contributed by atoms with Gasteiger partial charge in [0.15, 0.2) is 0 Å². The SMILES string of the molecule is Cc1ccccc1C(C)(N)CCCO. The molecule has 1 aromatic carbocycles. The minimum atomic E-state index is -0.325. The van der Waals surface area contributed by atoms with E-state index in [1.165, 1.54) is 11.1 Å². The number of aryl methyl sites for hydroxylation is 1. The van der Waals surface area contributed by atoms with Gasteiger partial charge in [0.25, 0.3) is 0 Å². The van der Waals surface area contributed by atoms with Crippen molar-refractivity contribution in [3.05, 3.63) is 35.4 Å². The Morgan fingerprint density at radius 1 is 1.36 bits per heavy atom. The van der Waals surface area contributed by atoms with Gasteiger partial charge in [0.2, 0.25) is 0 Å². The Hall–Kier alpha value is -0.860. The maximum Gasteiger partial charge on any atom is 0.0431 e. The molecule has 0 radical (unpaired) electrons. The molecular weight excluding hydrogens is 174 g/mol. The summed E-state index contributed by atoms with van der Waals surface area (Å²) in [4.78, 5) is 0. The van der Waals surface area contributed by atoms with Crippen LogP contribution in [0.5, 0.6) is 0 Å². The number of aliphatic hydroxyl groups is 1. The van der Waals surface area contributed by atoms with E-state index >= 15 is 0 Å². The fourth-order valence-electron chi connectivity index (χ4n) is 1.79. The Bertz CT molecular complexity index is 294. The molecule has 0 aliphatic rings. The van der Waals surface area contributed by atoms with Gasteiger partial charge >= 0.3 is 0 Å². The smallest absolute Gasteiger partial charge is 0.0431 e. The highest BCUT2D eigenvalue weighted by Gasteiger charge is 2.21. The minimum Gasteiger partial charge on any atom is -0.396 e. The van der Waals surface area contributed by atoms with Crippen molar-refractivity contribution in [2.45, 2.75) is 32.2 Å². The summed E-state index contributed by atoms with van der Waals surface area (Å²) < 4.78 is 0. The van der Waals surface area contributed by atoms with E-state index in [0.717, 1.165) is 12.8 Å². The number of rotatable bonds is 4. The standard InChI is InChI=1S/C12H19NO/c1-10-6-3-4-7-11(10)12(2,13)8-5-9-14/h3-4,6-7,14H,5,8-9,13H2,1-2H3. The van der Waals surface area contributed by atoms with E-state index in [9.17, 15) is 0 Å². The van der Waals surface area contributed by atoms with Gasteiger partial charge in [-0.2, -0.15) is 0 Å². The summed E-state index contributed by atoms with van der Waals surface area (Å²) in [5, 5.41) is 8.79. The van der Waals surface area contributed by atoms with Crippen molar-refractivity contribution < 1.29 is 5.11 Å². The molecule has 1 aromatic rings. The highest BCUT2D eigenvalue weighted by molar-refractivity contribution is 5.31. The largest absolute Gasteiger partial charge is 0.396 e. The lowest BCUT2D eigenvalue weighted by Crippen LogP contribution is -2.33. The van der Waals surface area contributed by atoms with Gasteiger partial charge in [-0.15, -0.1) is 0 Å². The molecule has 0 amide bonds. The van der Waals surface area contributed by atoms with Gasteiger partial charge in [-0.25, -0.2) is 0 Å². The van der Waals surface area contributed by atoms with Crippen LogP contribution in [-0.2, 0) is 5.54 Å². The highest BCUT2D eigenvalue weighted by atomic mass is 16.2. The van der Waals surface area contributed by atoms with Crippen molar-refractivity contribution >= 4 is 0 Å². The molecule has 0 aliphatic carbocycles. The van der Waals surface area contributed by atoms with Crippen LogP contribution in [0.25, 0.3) is 0 Å². The van der Waals surface area contributed by atoms with Crippen molar-refractivity contribution in [3.63, 3.8) is 0 Å². The molecule has 2 heteroatoms. The molecule has 2 nitrogen and oxygen atoms in total. The Morgan fingerprint density at radius 2 is 2.00 bits per heavy atom. The van der Waals surface area contributed by atoms with Gasteiger partial charge in [0.05, 0.1) is 0 Å². The van der Waals surface area contributed by atoms with E-state index < -0.39 is 0 Å². The molecule has 0 fully saturated rings. The zero-order chi connectivity index (χ0) is 10.6. The predicted octanol–water partition coefficient (Wildman–Crippen LogP) is 1.94. The lowest BCUT2D eigenvalue weighted by Gasteiger charge is -2.26. The minimum absolute atomic E-state index is 0.207. The lowest BCUT2D eigenvalue weighted by atomic mass is 9.86. The molecule has 0 heterocycles. The molecule has 0 saturated heterocycles. The predicted molar refractivity (Wildman–Crippen MR) is 59.0 cm³/mol. The molecule has 14 heavy (non-hydrogen) atoms. The molecular formula is C12H19NO. The first kappa shape index (κ1) is 11.2. The van der Waals surface area contributed by atoms with Crippen LogP contribution in [0, 0.1) is 6.92 Å². The summed E-state index contributed by atoms with van der Waals surface area (Å²) in [6.07, 6.45) is 1.57. The van der Waals surface area contributed by atoms with Crippen molar-refractivity contribution in [1.29, 1.82) is 0 Å². The second-order valence-corrected chi connectivity index (χ2v) is 4.06. The fraction of sp³-hybridized carbons (Fsp3) is 0.500. The zero-order valence-corrected chi connectivity index (χ0v) is 8.96. The number of hydrogen-bond acceptors (Lipinski definition) is 2. The molecule has 1 unspecified atom stereocenters. The second kappa shape index (κ2) is 4.58. The molecule has 0 aromatic heterocycles. The molecule has 78 valence electrons. The van der Waals surface area contributed by atoms with Crippen LogP contribution in [0.3, 0.4) is 0 Å². The van der Waals surface area contributed by atoms with Crippen LogP contribution in [0.15, 0.2) is 24.3 Å². The van der Waals surface area contributed by atoms with E-state index in [2.05, 4.69) is 19.1 Å². The molecule has 1 rings (SSSR count). The van der Waals surface area contributed by atoms with Crippen molar-refractivity contribution in [2.24, 2.45) is 5.73 Å². The monoisotopic (exact) mass is 193 g/mol. The maximum atomic E-state index is 8.79. The van der Waals surface area contributed by atoms with E-state index in [4.69, 9.17) is 10.8 Å². The van der Waals surface area contributed by atoms with Crippen molar-refractivity contribution in [3.8, 4) is 0 Å². The summed E-state index contributed by atoms with van der Waals surface area (Å²) >= 11 is 0. The van der Waals surface area contributed by atoms with Crippen LogP contribution in [-0.4, -0.2) is 11.7 Å². The summed E-state index contributed by atoms with van der Waals surface area (Å²) in [5.74, 6) is 0. The average molecular weight is 193 g/mol. The van der Waals surface area contributed by atoms with E-state index in [-0.39, 0.29) is 12.1 Å². The third-order valence-corrected chi connectivity index (χ3v) is 2.61. The first-order valence-corrected chi connectivity index (χ1v) is 5.04. The molecule has 0 aliphatic heterocycles. The molecule has 0 saturated carbocycles. The quantitative estimate of drug-likeness (QED) is 0.767. The third-order valence-electron chi connectivity index (χ3n) is 2.61. The summed E-state index contributed by atoms with van der Waals surface area (Å²) in [5.41, 5.74) is 8.28. The Kier molecular flexibility index (Phi) is 3.67. The van der Waals surface area contributed by atoms with E-state index in [1.807, 2.05) is 19.1 Å². The van der Waals surface area contributed by atoms with Crippen LogP contribution < -0.4 is 5.73 Å². The lowest BCUT2D eigenvalue weighted by molar-refractivity contribution is 0.265. The van der Waals surface area contributed by atoms with Gasteiger partial charge in [0.1, 0.15) is 0 Å². The normalized spacial score (nSPS) is 15.1. The highest BCUT2D eigenvalue weighted by Crippen LogP contribution is 2.25. The Morgan fingerprint density at radius 3 is 2.57 bits per heavy atom. The van der Waals surface area contributed by atoms with Gasteiger partial charge in [0, 0.05) is 12.1 Å². The van der Waals surface area contributed by atoms with Gasteiger partial charge in [-0.1, -0.05) is 24.3 Å². The first-order valence-electron chi connectivity index (χ1n) is 5.04. The molecule has 1 atom stereocenters. The fourth-order valence-corrected chi connectivity index (χ4v) is 1.79. The molecule has 0 spiro atoms. The van der Waals surface area contributed by atoms with Crippen LogP contribution in [0.4, 0.5) is 0 Å². The number of aliphatic hydroxyl groups excluding tert-OH is 1. The molecule has 0 bridgehead atoms. The van der Waals surface area contributed by atoms with E-state index in [0.29, 0.717) is 0 Å². The topological polar surface area (TPSA) is 46.2 Å². The number of nitrogens with two attached hydrogens (primary N) is 1. The number of benzene rings is 1. The first-order chi connectivity index (χ1) is 6.58. The molecule has 3 N–H and O–H groups in total. The Balaban J connectivity index is 2.86. The average Bonchev–Trinajstić information content (AvgIpc) is 2.15. The van der Waals surface area contributed by atoms with Gasteiger partial charge in [-0.05, 0) is 37.8 Å². The van der Waals surface area contributed by atoms with Gasteiger partial charge < -0.3 is 10.8 Å². The van der Waals surface area contributed by atoms with Crippen LogP contribution >= 0.6 is 0 Å². The van der Waals surface area contributed by atoms with Crippen molar-refractivity contribution in [2.75, 3.05) is 6.61 Å². The van der Waals surface area contributed by atoms with Crippen LogP contribution in [0.2, 0.25) is 0 Å². The zero-order valence-electron chi connectivity index (χ0n) is 8.96. The summed E-state index contributed by atoms with van der Waals surface area (Å²) in [6.45, 7) is 4.29. The maximum absolute atomic E-state index is 8.79. The van der Waals surface area contributed by atoms with Crippen LogP contribution in [0.1, 0.15) is 30.9 Å². The van der Waals surface area contributed by atoms with E-state index in [1.54, 1.807) is 0 Å².